The van der Waals surface area contributed by atoms with Crippen molar-refractivity contribution in [3.05, 3.63) is 29.6 Å². The highest BCUT2D eigenvalue weighted by atomic mass is 19.1. The van der Waals surface area contributed by atoms with Crippen LogP contribution in [0.2, 0.25) is 0 Å². The number of rotatable bonds is 2. The van der Waals surface area contributed by atoms with Crippen molar-refractivity contribution in [2.24, 2.45) is 11.3 Å². The zero-order valence-corrected chi connectivity index (χ0v) is 12.3. The molecule has 1 N–H and O–H groups in total. The fourth-order valence-corrected chi connectivity index (χ4v) is 2.90. The molecule has 19 heavy (non-hydrogen) atoms. The van der Waals surface area contributed by atoms with E-state index in [-0.39, 0.29) is 17.6 Å². The first-order valence-electron chi connectivity index (χ1n) is 7.01. The average molecular weight is 265 g/mol. The van der Waals surface area contributed by atoms with E-state index < -0.39 is 0 Å². The van der Waals surface area contributed by atoms with E-state index in [0.29, 0.717) is 16.9 Å². The highest BCUT2D eigenvalue weighted by Gasteiger charge is 2.34. The molecule has 1 heterocycles. The lowest BCUT2D eigenvalue weighted by atomic mass is 9.80. The maximum atomic E-state index is 13.9. The molecule has 0 aliphatic carbocycles. The second-order valence-electron chi connectivity index (χ2n) is 6.73. The van der Waals surface area contributed by atoms with E-state index >= 15 is 0 Å². The largest absolute Gasteiger partial charge is 0.508 e. The lowest BCUT2D eigenvalue weighted by Gasteiger charge is -2.29. The molecule has 0 saturated carbocycles. The van der Waals surface area contributed by atoms with Gasteiger partial charge in [0.2, 0.25) is 0 Å². The molecule has 1 aliphatic heterocycles. The van der Waals surface area contributed by atoms with Crippen molar-refractivity contribution in [1.29, 1.82) is 0 Å². The van der Waals surface area contributed by atoms with E-state index in [1.807, 2.05) is 6.92 Å². The van der Waals surface area contributed by atoms with Crippen LogP contribution in [0.25, 0.3) is 0 Å². The Morgan fingerprint density at radius 3 is 2.58 bits per heavy atom. The fourth-order valence-electron chi connectivity index (χ4n) is 2.90. The van der Waals surface area contributed by atoms with Gasteiger partial charge >= 0.3 is 0 Å². The van der Waals surface area contributed by atoms with E-state index in [2.05, 4.69) is 25.7 Å². The summed E-state index contributed by atoms with van der Waals surface area (Å²) in [6.45, 7) is 10.9. The second kappa shape index (κ2) is 5.12. The van der Waals surface area contributed by atoms with Crippen LogP contribution in [0.4, 0.5) is 4.39 Å². The van der Waals surface area contributed by atoms with E-state index in [4.69, 9.17) is 0 Å². The number of hydrogen-bond donors (Lipinski definition) is 1. The minimum absolute atomic E-state index is 0.0116. The summed E-state index contributed by atoms with van der Waals surface area (Å²) in [5, 5.41) is 9.28. The van der Waals surface area contributed by atoms with Gasteiger partial charge in [-0.05, 0) is 37.3 Å². The molecule has 1 aromatic carbocycles. The summed E-state index contributed by atoms with van der Waals surface area (Å²) in [6, 6.07) is 4.52. The van der Waals surface area contributed by atoms with Crippen molar-refractivity contribution in [1.82, 2.24) is 4.90 Å². The first-order chi connectivity index (χ1) is 8.79. The van der Waals surface area contributed by atoms with E-state index in [9.17, 15) is 9.50 Å². The molecule has 0 bridgehead atoms. The number of hydrogen-bond acceptors (Lipinski definition) is 2. The first-order valence-corrected chi connectivity index (χ1v) is 7.01. The van der Waals surface area contributed by atoms with Gasteiger partial charge in [-0.1, -0.05) is 26.8 Å². The maximum absolute atomic E-state index is 13.9. The Bertz CT molecular complexity index is 453. The van der Waals surface area contributed by atoms with Crippen molar-refractivity contribution in [3.63, 3.8) is 0 Å². The van der Waals surface area contributed by atoms with Crippen LogP contribution in [0.1, 0.15) is 45.7 Å². The van der Waals surface area contributed by atoms with Crippen LogP contribution in [-0.2, 0) is 0 Å². The topological polar surface area (TPSA) is 23.5 Å². The van der Waals surface area contributed by atoms with Crippen LogP contribution in [0.3, 0.4) is 0 Å². The summed E-state index contributed by atoms with van der Waals surface area (Å²) in [6.07, 6.45) is 1.17. The van der Waals surface area contributed by atoms with Gasteiger partial charge in [-0.3, -0.25) is 4.90 Å². The van der Waals surface area contributed by atoms with Gasteiger partial charge in [0.15, 0.2) is 0 Å². The van der Waals surface area contributed by atoms with Gasteiger partial charge in [0.1, 0.15) is 11.6 Å². The molecule has 0 aromatic heterocycles. The lowest BCUT2D eigenvalue weighted by molar-refractivity contribution is 0.201. The van der Waals surface area contributed by atoms with Gasteiger partial charge < -0.3 is 5.11 Å². The summed E-state index contributed by atoms with van der Waals surface area (Å²) >= 11 is 0. The smallest absolute Gasteiger partial charge is 0.131 e. The van der Waals surface area contributed by atoms with Crippen LogP contribution in [0.15, 0.2) is 18.2 Å². The SMILES string of the molecule is CC(c1ccc(O)cc1F)N1CCC(C(C)(C)C)C1. The molecule has 1 aliphatic rings. The second-order valence-corrected chi connectivity index (χ2v) is 6.73. The van der Waals surface area contributed by atoms with Crippen LogP contribution >= 0.6 is 0 Å². The van der Waals surface area contributed by atoms with Crippen LogP contribution in [0, 0.1) is 17.2 Å². The van der Waals surface area contributed by atoms with E-state index in [1.54, 1.807) is 12.1 Å². The lowest BCUT2D eigenvalue weighted by Crippen LogP contribution is -2.28. The standard InChI is InChI=1S/C16H24FNO/c1-11(14-6-5-13(19)9-15(14)17)18-8-7-12(10-18)16(2,3)4/h5-6,9,11-12,19H,7-8,10H2,1-4H3. The first kappa shape index (κ1) is 14.3. The summed E-state index contributed by atoms with van der Waals surface area (Å²) in [5.41, 5.74) is 0.981. The highest BCUT2D eigenvalue weighted by molar-refractivity contribution is 5.29. The van der Waals surface area contributed by atoms with Gasteiger partial charge in [-0.15, -0.1) is 0 Å². The monoisotopic (exact) mass is 265 g/mol. The minimum atomic E-state index is -0.313. The van der Waals surface area contributed by atoms with Crippen LogP contribution in [-0.4, -0.2) is 23.1 Å². The Morgan fingerprint density at radius 2 is 2.05 bits per heavy atom. The third-order valence-electron chi connectivity index (χ3n) is 4.43. The molecule has 3 heteroatoms. The molecule has 0 spiro atoms. The van der Waals surface area contributed by atoms with Gasteiger partial charge in [-0.25, -0.2) is 4.39 Å². The molecule has 1 aromatic rings. The number of phenolic OH excluding ortho intramolecular Hbond substituents is 1. The van der Waals surface area contributed by atoms with Gasteiger partial charge in [0.25, 0.3) is 0 Å². The fraction of sp³-hybridized carbons (Fsp3) is 0.625. The Labute approximate surface area is 115 Å². The molecule has 1 fully saturated rings. The summed E-state index contributed by atoms with van der Waals surface area (Å²) in [7, 11) is 0. The molecule has 0 radical (unpaired) electrons. The van der Waals surface area contributed by atoms with E-state index in [1.165, 1.54) is 12.5 Å². The van der Waals surface area contributed by atoms with Gasteiger partial charge in [-0.2, -0.15) is 0 Å². The van der Waals surface area contributed by atoms with E-state index in [0.717, 1.165) is 13.1 Å². The predicted octanol–water partition coefficient (Wildman–Crippen LogP) is 3.96. The molecule has 106 valence electrons. The number of halogens is 1. The van der Waals surface area contributed by atoms with Crippen molar-refractivity contribution >= 4 is 0 Å². The third-order valence-corrected chi connectivity index (χ3v) is 4.43. The molecule has 2 unspecified atom stereocenters. The minimum Gasteiger partial charge on any atom is -0.508 e. The Balaban J connectivity index is 2.11. The third kappa shape index (κ3) is 3.08. The normalized spacial score (nSPS) is 22.7. The zero-order valence-electron chi connectivity index (χ0n) is 12.3. The van der Waals surface area contributed by atoms with Crippen LogP contribution < -0.4 is 0 Å². The molecule has 0 amide bonds. The number of aromatic hydroxyl groups is 1. The van der Waals surface area contributed by atoms with Crippen molar-refractivity contribution in [2.75, 3.05) is 13.1 Å². The Morgan fingerprint density at radius 1 is 1.37 bits per heavy atom. The highest BCUT2D eigenvalue weighted by Crippen LogP contribution is 2.37. The molecule has 1 saturated heterocycles. The molecule has 2 rings (SSSR count). The number of phenols is 1. The summed E-state index contributed by atoms with van der Waals surface area (Å²) in [4.78, 5) is 2.34. The van der Waals surface area contributed by atoms with Gasteiger partial charge in [0.05, 0.1) is 0 Å². The van der Waals surface area contributed by atoms with Crippen molar-refractivity contribution in [3.8, 4) is 5.75 Å². The van der Waals surface area contributed by atoms with Gasteiger partial charge in [0, 0.05) is 24.2 Å². The molecular weight excluding hydrogens is 241 g/mol. The Hall–Kier alpha value is -1.09. The number of benzene rings is 1. The summed E-state index contributed by atoms with van der Waals surface area (Å²) < 4.78 is 13.9. The maximum Gasteiger partial charge on any atom is 0.131 e. The van der Waals surface area contributed by atoms with Crippen molar-refractivity contribution < 1.29 is 9.50 Å². The predicted molar refractivity (Wildman–Crippen MR) is 75.6 cm³/mol. The average Bonchev–Trinajstić information content (AvgIpc) is 2.76. The number of nitrogens with zero attached hydrogens (tertiary/aromatic N) is 1. The molecule has 2 nitrogen and oxygen atoms in total. The molecular formula is C16H24FNO. The Kier molecular flexibility index (Phi) is 3.86. The summed E-state index contributed by atoms with van der Waals surface area (Å²) in [5.74, 6) is 0.337. The van der Waals surface area contributed by atoms with Crippen LogP contribution in [0.5, 0.6) is 5.75 Å². The number of likely N-dealkylation sites (tertiary alicyclic amines) is 1. The van der Waals surface area contributed by atoms with Crippen molar-refractivity contribution in [2.45, 2.75) is 40.2 Å². The molecule has 2 atom stereocenters. The zero-order chi connectivity index (χ0) is 14.2. The quantitative estimate of drug-likeness (QED) is 0.875.